The molecule has 52 valence electrons. The normalized spacial score (nSPS) is 9.30. The number of pyridine rings is 1. The lowest BCUT2D eigenvalue weighted by atomic mass is 10.3. The molecule has 0 radical (unpaired) electrons. The molecule has 1 aromatic rings. The van der Waals surface area contributed by atoms with E-state index >= 15 is 0 Å². The topological polar surface area (TPSA) is 32.9 Å². The fourth-order valence-electron chi connectivity index (χ4n) is 0.544. The number of aromatic nitrogens is 1. The van der Waals surface area contributed by atoms with Crippen molar-refractivity contribution in [2.75, 3.05) is 0 Å². The van der Waals surface area contributed by atoms with Crippen LogP contribution in [0.1, 0.15) is 10.4 Å². The van der Waals surface area contributed by atoms with Gasteiger partial charge in [-0.3, -0.25) is 4.79 Å². The Morgan fingerprint density at radius 3 is 2.70 bits per heavy atom. The molecule has 0 unspecified atom stereocenters. The summed E-state index contributed by atoms with van der Waals surface area (Å²) in [5, 5.41) is -0.258. The highest BCUT2D eigenvalue weighted by molar-refractivity contribution is 7.97. The summed E-state index contributed by atoms with van der Waals surface area (Å²) in [5.41, 5.74) is 0.525. The van der Waals surface area contributed by atoms with Crippen molar-refractivity contribution >= 4 is 30.0 Å². The van der Waals surface area contributed by atoms with Crippen LogP contribution in [0, 0.1) is 4.64 Å². The number of nitrogens with one attached hydrogen (secondary N) is 1. The first-order valence-corrected chi connectivity index (χ1v) is 3.48. The molecule has 4 heteroatoms. The minimum atomic E-state index is -0.258. The van der Waals surface area contributed by atoms with Crippen LogP contribution >= 0.6 is 24.8 Å². The van der Waals surface area contributed by atoms with Crippen LogP contribution in [0.15, 0.2) is 18.3 Å². The van der Waals surface area contributed by atoms with Gasteiger partial charge < -0.3 is 4.98 Å². The van der Waals surface area contributed by atoms with Crippen molar-refractivity contribution in [1.29, 1.82) is 0 Å². The first kappa shape index (κ1) is 7.50. The van der Waals surface area contributed by atoms with Gasteiger partial charge in [-0.05, 0) is 12.1 Å². The van der Waals surface area contributed by atoms with E-state index < -0.39 is 0 Å². The lowest BCUT2D eigenvalue weighted by Gasteiger charge is -1.90. The second-order valence-corrected chi connectivity index (χ2v) is 2.59. The summed E-state index contributed by atoms with van der Waals surface area (Å²) in [7, 11) is 0. The van der Waals surface area contributed by atoms with Gasteiger partial charge in [0.2, 0.25) is 5.12 Å². The third-order valence-corrected chi connectivity index (χ3v) is 1.54. The highest BCUT2D eigenvalue weighted by Gasteiger charge is 1.95. The molecule has 10 heavy (non-hydrogen) atoms. The van der Waals surface area contributed by atoms with Crippen LogP contribution in [-0.4, -0.2) is 10.1 Å². The SMILES string of the molecule is O=C(S)c1ccc(=S)[nH]c1. The summed E-state index contributed by atoms with van der Waals surface area (Å²) < 4.78 is 0.610. The van der Waals surface area contributed by atoms with Crippen LogP contribution in [-0.2, 0) is 0 Å². The Bertz CT molecular complexity index is 284. The molecule has 2 nitrogen and oxygen atoms in total. The molecule has 0 aliphatic carbocycles. The molecule has 0 bridgehead atoms. The first-order valence-electron chi connectivity index (χ1n) is 2.62. The molecule has 0 saturated carbocycles. The van der Waals surface area contributed by atoms with Crippen LogP contribution in [0.25, 0.3) is 0 Å². The van der Waals surface area contributed by atoms with Crippen LogP contribution < -0.4 is 0 Å². The van der Waals surface area contributed by atoms with E-state index in [1.54, 1.807) is 12.1 Å². The molecule has 0 aliphatic rings. The van der Waals surface area contributed by atoms with E-state index in [0.717, 1.165) is 0 Å². The monoisotopic (exact) mass is 171 g/mol. The maximum Gasteiger partial charge on any atom is 0.217 e. The second-order valence-electron chi connectivity index (χ2n) is 1.75. The van der Waals surface area contributed by atoms with Crippen LogP contribution in [0.5, 0.6) is 0 Å². The molecule has 0 atom stereocenters. The van der Waals surface area contributed by atoms with Crippen molar-refractivity contribution in [1.82, 2.24) is 4.98 Å². The average Bonchev–Trinajstić information content (AvgIpc) is 1.88. The second kappa shape index (κ2) is 2.98. The molecule has 0 aliphatic heterocycles. The van der Waals surface area contributed by atoms with Crippen LogP contribution in [0.2, 0.25) is 0 Å². The zero-order chi connectivity index (χ0) is 7.56. The molecule has 1 aromatic heterocycles. The van der Waals surface area contributed by atoms with Crippen molar-refractivity contribution in [3.63, 3.8) is 0 Å². The van der Waals surface area contributed by atoms with Crippen molar-refractivity contribution in [2.24, 2.45) is 0 Å². The number of thiol groups is 1. The van der Waals surface area contributed by atoms with Gasteiger partial charge in [-0.2, -0.15) is 0 Å². The van der Waals surface area contributed by atoms with Gasteiger partial charge in [0.25, 0.3) is 0 Å². The molecule has 0 saturated heterocycles. The molecular formula is C6H5NOS2. The maximum atomic E-state index is 10.6. The molecule has 0 aromatic carbocycles. The number of carbonyl (C=O) groups is 1. The summed E-state index contributed by atoms with van der Waals surface area (Å²) in [4.78, 5) is 13.3. The predicted octanol–water partition coefficient (Wildman–Crippen LogP) is 1.81. The Labute approximate surface area is 68.7 Å². The van der Waals surface area contributed by atoms with Gasteiger partial charge in [-0.15, -0.1) is 12.6 Å². The number of hydrogen-bond donors (Lipinski definition) is 2. The summed E-state index contributed by atoms with van der Waals surface area (Å²) in [6.45, 7) is 0. The average molecular weight is 171 g/mol. The van der Waals surface area contributed by atoms with Gasteiger partial charge in [-0.1, -0.05) is 12.2 Å². The lowest BCUT2D eigenvalue weighted by Crippen LogP contribution is -1.88. The van der Waals surface area contributed by atoms with E-state index in [0.29, 0.717) is 10.2 Å². The maximum absolute atomic E-state index is 10.6. The quantitative estimate of drug-likeness (QED) is 0.499. The van der Waals surface area contributed by atoms with E-state index in [1.165, 1.54) is 6.20 Å². The van der Waals surface area contributed by atoms with Gasteiger partial charge in [0.05, 0.1) is 0 Å². The predicted molar refractivity (Wildman–Crippen MR) is 44.9 cm³/mol. The van der Waals surface area contributed by atoms with Crippen LogP contribution in [0.3, 0.4) is 0 Å². The van der Waals surface area contributed by atoms with Gasteiger partial charge in [-0.25, -0.2) is 0 Å². The number of carbonyl (C=O) groups excluding carboxylic acids is 1. The molecule has 0 spiro atoms. The Hall–Kier alpha value is -0.610. The van der Waals surface area contributed by atoms with Crippen molar-refractivity contribution in [2.45, 2.75) is 0 Å². The van der Waals surface area contributed by atoms with E-state index in [1.807, 2.05) is 0 Å². The van der Waals surface area contributed by atoms with E-state index in [2.05, 4.69) is 17.6 Å². The number of H-pyrrole nitrogens is 1. The zero-order valence-corrected chi connectivity index (χ0v) is 6.71. The highest BCUT2D eigenvalue weighted by atomic mass is 32.1. The fraction of sp³-hybridized carbons (Fsp3) is 0. The number of hydrogen-bond acceptors (Lipinski definition) is 2. The summed E-state index contributed by atoms with van der Waals surface area (Å²) >= 11 is 8.40. The molecule has 0 amide bonds. The Morgan fingerprint density at radius 1 is 1.60 bits per heavy atom. The van der Waals surface area contributed by atoms with Gasteiger partial charge in [0.15, 0.2) is 0 Å². The Kier molecular flexibility index (Phi) is 2.24. The molecule has 0 fully saturated rings. The van der Waals surface area contributed by atoms with Gasteiger partial charge >= 0.3 is 0 Å². The molecule has 1 N–H and O–H groups in total. The Morgan fingerprint density at radius 2 is 2.30 bits per heavy atom. The third-order valence-electron chi connectivity index (χ3n) is 1.03. The molecule has 1 rings (SSSR count). The summed E-state index contributed by atoms with van der Waals surface area (Å²) in [6.07, 6.45) is 1.54. The largest absolute Gasteiger partial charge is 0.352 e. The van der Waals surface area contributed by atoms with Crippen LogP contribution in [0.4, 0.5) is 0 Å². The van der Waals surface area contributed by atoms with Gasteiger partial charge in [0.1, 0.15) is 4.64 Å². The van der Waals surface area contributed by atoms with E-state index in [4.69, 9.17) is 12.2 Å². The minimum absolute atomic E-state index is 0.258. The first-order chi connectivity index (χ1) is 4.70. The minimum Gasteiger partial charge on any atom is -0.352 e. The van der Waals surface area contributed by atoms with E-state index in [9.17, 15) is 4.79 Å². The van der Waals surface area contributed by atoms with Gasteiger partial charge in [0, 0.05) is 11.8 Å². The fourth-order valence-corrected chi connectivity index (χ4v) is 0.810. The number of aromatic amines is 1. The van der Waals surface area contributed by atoms with Crippen molar-refractivity contribution in [3.8, 4) is 0 Å². The zero-order valence-electron chi connectivity index (χ0n) is 5.00. The molecular weight excluding hydrogens is 166 g/mol. The van der Waals surface area contributed by atoms with Crippen molar-refractivity contribution in [3.05, 3.63) is 28.5 Å². The lowest BCUT2D eigenvalue weighted by molar-refractivity contribution is 0.109. The third kappa shape index (κ3) is 1.68. The van der Waals surface area contributed by atoms with E-state index in [-0.39, 0.29) is 5.12 Å². The number of rotatable bonds is 1. The molecule has 1 heterocycles. The van der Waals surface area contributed by atoms with Crippen molar-refractivity contribution < 1.29 is 4.79 Å². The summed E-state index contributed by atoms with van der Waals surface area (Å²) in [6, 6.07) is 3.28. The smallest absolute Gasteiger partial charge is 0.217 e. The summed E-state index contributed by atoms with van der Waals surface area (Å²) in [5.74, 6) is 0. The standard InChI is InChI=1S/C6H5NOS2/c8-6(10)4-1-2-5(9)7-3-4/h1-3H,(H,7,9)(H,8,10). The highest BCUT2D eigenvalue weighted by Crippen LogP contribution is 1.99. The Balaban J connectivity index is 3.12.